The van der Waals surface area contributed by atoms with Crippen LogP contribution in [0, 0.1) is 11.8 Å². The zero-order chi connectivity index (χ0) is 21.3. The van der Waals surface area contributed by atoms with Gasteiger partial charge in [-0.25, -0.2) is 0 Å². The van der Waals surface area contributed by atoms with Crippen molar-refractivity contribution in [1.82, 2.24) is 9.97 Å². The molecule has 0 amide bonds. The SMILES string of the molecule is C(#Cc1c(-c2ccccc2)[nH]c2ccccc12)c1c(-c2ccccc2)[nH]c2ccccc12. The van der Waals surface area contributed by atoms with Crippen LogP contribution in [-0.2, 0) is 0 Å². The molecule has 0 fully saturated rings. The summed E-state index contributed by atoms with van der Waals surface area (Å²) in [7, 11) is 0. The molecule has 0 atom stereocenters. The van der Waals surface area contributed by atoms with Crippen molar-refractivity contribution in [2.24, 2.45) is 0 Å². The summed E-state index contributed by atoms with van der Waals surface area (Å²) in [6.45, 7) is 0. The van der Waals surface area contributed by atoms with Crippen molar-refractivity contribution in [2.45, 2.75) is 0 Å². The third-order valence-electron chi connectivity index (χ3n) is 5.85. The predicted molar refractivity (Wildman–Crippen MR) is 133 cm³/mol. The molecule has 0 aliphatic heterocycles. The lowest BCUT2D eigenvalue weighted by Gasteiger charge is -2.00. The molecule has 150 valence electrons. The van der Waals surface area contributed by atoms with Crippen LogP contribution < -0.4 is 0 Å². The maximum Gasteiger partial charge on any atom is 0.0624 e. The average molecular weight is 409 g/mol. The Morgan fingerprint density at radius 3 is 1.22 bits per heavy atom. The highest BCUT2D eigenvalue weighted by Gasteiger charge is 2.13. The van der Waals surface area contributed by atoms with Gasteiger partial charge in [0.1, 0.15) is 0 Å². The van der Waals surface area contributed by atoms with Crippen LogP contribution in [0.1, 0.15) is 11.1 Å². The molecule has 0 unspecified atom stereocenters. The lowest BCUT2D eigenvalue weighted by atomic mass is 10.0. The van der Waals surface area contributed by atoms with Crippen molar-refractivity contribution in [2.75, 3.05) is 0 Å². The third kappa shape index (κ3) is 3.09. The molecule has 0 aliphatic carbocycles. The molecule has 0 aliphatic rings. The van der Waals surface area contributed by atoms with E-state index in [0.29, 0.717) is 0 Å². The van der Waals surface area contributed by atoms with E-state index in [1.165, 1.54) is 0 Å². The maximum atomic E-state index is 3.58. The monoisotopic (exact) mass is 408 g/mol. The van der Waals surface area contributed by atoms with Gasteiger partial charge < -0.3 is 9.97 Å². The number of hydrogen-bond donors (Lipinski definition) is 2. The van der Waals surface area contributed by atoms with E-state index in [-0.39, 0.29) is 0 Å². The molecule has 2 heterocycles. The first-order chi connectivity index (χ1) is 15.9. The minimum absolute atomic E-state index is 1.02. The van der Waals surface area contributed by atoms with Crippen LogP contribution in [0.3, 0.4) is 0 Å². The van der Waals surface area contributed by atoms with Crippen molar-refractivity contribution >= 4 is 21.8 Å². The molecule has 4 aromatic carbocycles. The predicted octanol–water partition coefficient (Wildman–Crippen LogP) is 7.38. The largest absolute Gasteiger partial charge is 0.353 e. The number of fused-ring (bicyclic) bond motifs is 2. The average Bonchev–Trinajstić information content (AvgIpc) is 3.42. The van der Waals surface area contributed by atoms with E-state index < -0.39 is 0 Å². The van der Waals surface area contributed by atoms with Crippen molar-refractivity contribution in [3.8, 4) is 34.4 Å². The van der Waals surface area contributed by atoms with E-state index in [1.807, 2.05) is 12.1 Å². The van der Waals surface area contributed by atoms with Crippen molar-refractivity contribution in [3.05, 3.63) is 120 Å². The number of H-pyrrole nitrogens is 2. The topological polar surface area (TPSA) is 31.6 Å². The second kappa shape index (κ2) is 7.65. The van der Waals surface area contributed by atoms with Crippen LogP contribution in [0.5, 0.6) is 0 Å². The van der Waals surface area contributed by atoms with Crippen LogP contribution in [0.2, 0.25) is 0 Å². The highest BCUT2D eigenvalue weighted by Crippen LogP contribution is 2.32. The van der Waals surface area contributed by atoms with E-state index in [2.05, 4.69) is 119 Å². The summed E-state index contributed by atoms with van der Waals surface area (Å²) in [5, 5.41) is 2.28. The van der Waals surface area contributed by atoms with Gasteiger partial charge in [-0.05, 0) is 23.3 Å². The molecule has 0 saturated heterocycles. The number of para-hydroxylation sites is 2. The number of aromatic nitrogens is 2. The molecule has 2 aromatic heterocycles. The van der Waals surface area contributed by atoms with Crippen LogP contribution in [0.25, 0.3) is 44.3 Å². The summed E-state index contributed by atoms with van der Waals surface area (Å²) in [5.41, 5.74) is 8.62. The van der Waals surface area contributed by atoms with E-state index in [4.69, 9.17) is 0 Å². The van der Waals surface area contributed by atoms with Crippen molar-refractivity contribution < 1.29 is 0 Å². The van der Waals surface area contributed by atoms with Crippen LogP contribution in [0.4, 0.5) is 0 Å². The smallest absolute Gasteiger partial charge is 0.0624 e. The Kier molecular flexibility index (Phi) is 4.37. The Morgan fingerprint density at radius 1 is 0.406 bits per heavy atom. The second-order valence-electron chi connectivity index (χ2n) is 7.82. The highest BCUT2D eigenvalue weighted by atomic mass is 14.7. The number of nitrogens with one attached hydrogen (secondary N) is 2. The minimum atomic E-state index is 1.02. The van der Waals surface area contributed by atoms with Gasteiger partial charge in [0, 0.05) is 21.8 Å². The third-order valence-corrected chi connectivity index (χ3v) is 5.85. The van der Waals surface area contributed by atoms with Gasteiger partial charge >= 0.3 is 0 Å². The van der Waals surface area contributed by atoms with Gasteiger partial charge in [0.25, 0.3) is 0 Å². The van der Waals surface area contributed by atoms with E-state index >= 15 is 0 Å². The first kappa shape index (κ1) is 18.3. The van der Waals surface area contributed by atoms with Gasteiger partial charge in [-0.2, -0.15) is 0 Å². The van der Waals surface area contributed by atoms with Crippen LogP contribution in [-0.4, -0.2) is 9.97 Å². The Bertz CT molecular complexity index is 1490. The Morgan fingerprint density at radius 2 is 0.781 bits per heavy atom. The lowest BCUT2D eigenvalue weighted by Crippen LogP contribution is -1.84. The first-order valence-electron chi connectivity index (χ1n) is 10.7. The van der Waals surface area contributed by atoms with Gasteiger partial charge in [-0.1, -0.05) is 109 Å². The van der Waals surface area contributed by atoms with E-state index in [9.17, 15) is 0 Å². The van der Waals surface area contributed by atoms with Crippen molar-refractivity contribution in [1.29, 1.82) is 0 Å². The van der Waals surface area contributed by atoms with Gasteiger partial charge in [0.05, 0.1) is 22.5 Å². The fraction of sp³-hybridized carbons (Fsp3) is 0. The molecule has 2 heteroatoms. The van der Waals surface area contributed by atoms with Crippen LogP contribution >= 0.6 is 0 Å². The van der Waals surface area contributed by atoms with E-state index in [1.54, 1.807) is 0 Å². The fourth-order valence-corrected chi connectivity index (χ4v) is 4.31. The quantitative estimate of drug-likeness (QED) is 0.280. The Labute approximate surface area is 186 Å². The summed E-state index contributed by atoms with van der Waals surface area (Å²) in [4.78, 5) is 7.17. The molecular weight excluding hydrogens is 388 g/mol. The fourth-order valence-electron chi connectivity index (χ4n) is 4.31. The summed E-state index contributed by atoms with van der Waals surface area (Å²) < 4.78 is 0. The molecule has 0 saturated carbocycles. The molecule has 0 spiro atoms. The number of hydrogen-bond acceptors (Lipinski definition) is 0. The van der Waals surface area contributed by atoms with Gasteiger partial charge in [0.15, 0.2) is 0 Å². The molecule has 0 radical (unpaired) electrons. The summed E-state index contributed by atoms with van der Waals surface area (Å²) in [5.74, 6) is 7.08. The van der Waals surface area contributed by atoms with Gasteiger partial charge in [-0.3, -0.25) is 0 Å². The number of aromatic amines is 2. The minimum Gasteiger partial charge on any atom is -0.353 e. The zero-order valence-electron chi connectivity index (χ0n) is 17.4. The Hall–Kier alpha value is -4.48. The molecule has 6 aromatic rings. The molecule has 0 bridgehead atoms. The zero-order valence-corrected chi connectivity index (χ0v) is 17.4. The first-order valence-corrected chi connectivity index (χ1v) is 10.7. The normalized spacial score (nSPS) is 10.9. The molecule has 32 heavy (non-hydrogen) atoms. The molecular formula is C30H20N2. The standard InChI is InChI=1S/C30H20N2/c1-3-11-21(12-4-1)29-25(23-15-7-9-17-27(23)31-29)19-20-26-24-16-8-10-18-28(24)32-30(26)22-13-5-2-6-14-22/h1-18,31-32H. The van der Waals surface area contributed by atoms with Gasteiger partial charge in [0.2, 0.25) is 0 Å². The van der Waals surface area contributed by atoms with Gasteiger partial charge in [-0.15, -0.1) is 0 Å². The number of benzene rings is 4. The summed E-state index contributed by atoms with van der Waals surface area (Å²) in [6, 6.07) is 37.5. The summed E-state index contributed by atoms with van der Waals surface area (Å²) in [6.07, 6.45) is 0. The second-order valence-corrected chi connectivity index (χ2v) is 7.82. The highest BCUT2D eigenvalue weighted by molar-refractivity contribution is 5.96. The van der Waals surface area contributed by atoms with E-state index in [0.717, 1.165) is 55.4 Å². The molecule has 6 rings (SSSR count). The van der Waals surface area contributed by atoms with Crippen LogP contribution in [0.15, 0.2) is 109 Å². The summed E-state index contributed by atoms with van der Waals surface area (Å²) >= 11 is 0. The molecule has 2 nitrogen and oxygen atoms in total. The Balaban J connectivity index is 1.60. The lowest BCUT2D eigenvalue weighted by molar-refractivity contribution is 1.44. The number of rotatable bonds is 2. The van der Waals surface area contributed by atoms with Crippen molar-refractivity contribution in [3.63, 3.8) is 0 Å². The maximum absolute atomic E-state index is 3.58. The molecule has 2 N–H and O–H groups in total.